The molecule has 6 heteroatoms. The van der Waals surface area contributed by atoms with Crippen molar-refractivity contribution in [2.45, 2.75) is 10.1 Å². The summed E-state index contributed by atoms with van der Waals surface area (Å²) in [6, 6.07) is 29.0. The van der Waals surface area contributed by atoms with E-state index in [2.05, 4.69) is 11.4 Å². The van der Waals surface area contributed by atoms with Crippen molar-refractivity contribution in [3.05, 3.63) is 101 Å². The van der Waals surface area contributed by atoms with E-state index in [9.17, 15) is 10.1 Å². The van der Waals surface area contributed by atoms with E-state index in [4.69, 9.17) is 5.73 Å². The van der Waals surface area contributed by atoms with Crippen LogP contribution in [0.1, 0.15) is 16.4 Å². The van der Waals surface area contributed by atoms with Gasteiger partial charge in [-0.3, -0.25) is 4.79 Å². The molecule has 0 aliphatic carbocycles. The van der Waals surface area contributed by atoms with Gasteiger partial charge in [0.2, 0.25) is 5.91 Å². The van der Waals surface area contributed by atoms with Crippen molar-refractivity contribution in [1.29, 1.82) is 5.26 Å². The molecule has 0 saturated heterocycles. The predicted molar refractivity (Wildman–Crippen MR) is 129 cm³/mol. The Kier molecular flexibility index (Phi) is 6.37. The average molecular weight is 442 g/mol. The van der Waals surface area contributed by atoms with Crippen molar-refractivity contribution in [1.82, 2.24) is 0 Å². The third kappa shape index (κ3) is 4.80. The summed E-state index contributed by atoms with van der Waals surface area (Å²) >= 11 is 2.79. The van der Waals surface area contributed by atoms with Gasteiger partial charge in [-0.15, -0.1) is 23.1 Å². The van der Waals surface area contributed by atoms with E-state index in [-0.39, 0.29) is 5.91 Å². The normalized spacial score (nSPS) is 11.5. The van der Waals surface area contributed by atoms with Crippen LogP contribution in [0.25, 0.3) is 11.1 Å². The van der Waals surface area contributed by atoms with Gasteiger partial charge in [0.05, 0.1) is 5.56 Å². The zero-order valence-electron chi connectivity index (χ0n) is 16.5. The maximum absolute atomic E-state index is 13.4. The lowest BCUT2D eigenvalue weighted by Crippen LogP contribution is -2.19. The van der Waals surface area contributed by atoms with Crippen molar-refractivity contribution >= 4 is 39.7 Å². The highest BCUT2D eigenvalue weighted by molar-refractivity contribution is 8.00. The topological polar surface area (TPSA) is 78.9 Å². The second-order valence-electron chi connectivity index (χ2n) is 6.80. The van der Waals surface area contributed by atoms with E-state index < -0.39 is 5.25 Å². The first kappa shape index (κ1) is 20.7. The molecular weight excluding hydrogens is 422 g/mol. The highest BCUT2D eigenvalue weighted by Crippen LogP contribution is 2.39. The predicted octanol–water partition coefficient (Wildman–Crippen LogP) is 6.34. The second-order valence-corrected chi connectivity index (χ2v) is 8.86. The summed E-state index contributed by atoms with van der Waals surface area (Å²) in [5, 5.41) is 14.7. The van der Waals surface area contributed by atoms with Gasteiger partial charge in [0.15, 0.2) is 0 Å². The van der Waals surface area contributed by atoms with Crippen LogP contribution in [0.5, 0.6) is 0 Å². The molecule has 1 heterocycles. The number of nitrogens with zero attached hydrogens (tertiary/aromatic N) is 1. The highest BCUT2D eigenvalue weighted by atomic mass is 32.2. The number of benzene rings is 3. The molecule has 152 valence electrons. The van der Waals surface area contributed by atoms with E-state index in [0.717, 1.165) is 21.6 Å². The largest absolute Gasteiger partial charge is 0.399 e. The molecule has 1 aromatic heterocycles. The summed E-state index contributed by atoms with van der Waals surface area (Å²) in [6.07, 6.45) is 0. The number of hydrogen-bond acceptors (Lipinski definition) is 5. The van der Waals surface area contributed by atoms with Crippen LogP contribution >= 0.6 is 23.1 Å². The minimum atomic E-state index is -0.489. The van der Waals surface area contributed by atoms with Crippen LogP contribution < -0.4 is 11.1 Å². The zero-order valence-corrected chi connectivity index (χ0v) is 18.1. The zero-order chi connectivity index (χ0) is 21.6. The van der Waals surface area contributed by atoms with Crippen molar-refractivity contribution in [3.63, 3.8) is 0 Å². The first-order valence-electron chi connectivity index (χ1n) is 9.60. The average Bonchev–Trinajstić information content (AvgIpc) is 3.21. The molecule has 4 rings (SSSR count). The molecule has 1 atom stereocenters. The maximum Gasteiger partial charge on any atom is 0.243 e. The van der Waals surface area contributed by atoms with Gasteiger partial charge in [0, 0.05) is 21.5 Å². The number of nitrogens with two attached hydrogens (primary N) is 1. The summed E-state index contributed by atoms with van der Waals surface area (Å²) < 4.78 is 0. The van der Waals surface area contributed by atoms with Gasteiger partial charge in [0.1, 0.15) is 16.3 Å². The van der Waals surface area contributed by atoms with Crippen LogP contribution in [0, 0.1) is 11.3 Å². The molecule has 3 aromatic carbocycles. The number of thiophene rings is 1. The van der Waals surface area contributed by atoms with Gasteiger partial charge in [-0.2, -0.15) is 5.26 Å². The fraction of sp³-hybridized carbons (Fsp3) is 0.0400. The number of thioether (sulfide) groups is 1. The monoisotopic (exact) mass is 441 g/mol. The van der Waals surface area contributed by atoms with Gasteiger partial charge in [0.25, 0.3) is 0 Å². The Morgan fingerprint density at radius 1 is 1.00 bits per heavy atom. The quantitative estimate of drug-likeness (QED) is 0.270. The van der Waals surface area contributed by atoms with Crippen LogP contribution in [-0.2, 0) is 4.79 Å². The molecule has 1 amide bonds. The molecule has 0 radical (unpaired) electrons. The summed E-state index contributed by atoms with van der Waals surface area (Å²) in [4.78, 5) is 14.3. The molecule has 0 fully saturated rings. The summed E-state index contributed by atoms with van der Waals surface area (Å²) in [7, 11) is 0. The minimum absolute atomic E-state index is 0.184. The highest BCUT2D eigenvalue weighted by Gasteiger charge is 2.24. The van der Waals surface area contributed by atoms with E-state index >= 15 is 0 Å². The molecule has 0 saturated carbocycles. The van der Waals surface area contributed by atoms with Crippen LogP contribution in [0.15, 0.2) is 95.2 Å². The van der Waals surface area contributed by atoms with Crippen LogP contribution in [0.3, 0.4) is 0 Å². The SMILES string of the molecule is N#Cc1c(-c2ccccc2)csc1NC(=O)C(Sc1cccc(N)c1)c1ccccc1. The third-order valence-corrected chi connectivity index (χ3v) is 6.82. The molecule has 31 heavy (non-hydrogen) atoms. The van der Waals surface area contributed by atoms with Gasteiger partial charge >= 0.3 is 0 Å². The van der Waals surface area contributed by atoms with Crippen molar-refractivity contribution in [2.24, 2.45) is 0 Å². The number of nitrogen functional groups attached to an aromatic ring is 1. The van der Waals surface area contributed by atoms with Gasteiger partial charge in [-0.25, -0.2) is 0 Å². The number of rotatable bonds is 6. The van der Waals surface area contributed by atoms with E-state index in [1.54, 1.807) is 0 Å². The van der Waals surface area contributed by atoms with E-state index in [0.29, 0.717) is 16.3 Å². The Bertz CT molecular complexity index is 1230. The lowest BCUT2D eigenvalue weighted by atomic mass is 10.1. The van der Waals surface area contributed by atoms with E-state index in [1.807, 2.05) is 90.3 Å². The molecular formula is C25H19N3OS2. The van der Waals surface area contributed by atoms with Crippen LogP contribution in [-0.4, -0.2) is 5.91 Å². The summed E-state index contributed by atoms with van der Waals surface area (Å²) in [6.45, 7) is 0. The van der Waals surface area contributed by atoms with Gasteiger partial charge in [-0.05, 0) is 29.3 Å². The number of amides is 1. The Balaban J connectivity index is 1.64. The van der Waals surface area contributed by atoms with Crippen LogP contribution in [0.4, 0.5) is 10.7 Å². The summed E-state index contributed by atoms with van der Waals surface area (Å²) in [5.74, 6) is -0.184. The first-order valence-corrected chi connectivity index (χ1v) is 11.4. The van der Waals surface area contributed by atoms with Crippen LogP contribution in [0.2, 0.25) is 0 Å². The Hall–Kier alpha value is -3.53. The minimum Gasteiger partial charge on any atom is -0.399 e. The Morgan fingerprint density at radius 2 is 1.71 bits per heavy atom. The van der Waals surface area contributed by atoms with Gasteiger partial charge < -0.3 is 11.1 Å². The maximum atomic E-state index is 13.4. The lowest BCUT2D eigenvalue weighted by molar-refractivity contribution is -0.115. The summed E-state index contributed by atoms with van der Waals surface area (Å²) in [5.41, 5.74) is 9.70. The number of carbonyl (C=O) groups is 1. The number of carbonyl (C=O) groups excluding carboxylic acids is 1. The molecule has 3 N–H and O–H groups in total. The lowest BCUT2D eigenvalue weighted by Gasteiger charge is -2.17. The number of nitriles is 1. The third-order valence-electron chi connectivity index (χ3n) is 4.68. The van der Waals surface area contributed by atoms with E-state index in [1.165, 1.54) is 23.1 Å². The fourth-order valence-electron chi connectivity index (χ4n) is 3.19. The Morgan fingerprint density at radius 3 is 2.39 bits per heavy atom. The van der Waals surface area contributed by atoms with Crippen molar-refractivity contribution in [3.8, 4) is 17.2 Å². The Labute approximate surface area is 189 Å². The molecule has 0 aliphatic rings. The number of anilines is 2. The van der Waals surface area contributed by atoms with Crippen molar-refractivity contribution in [2.75, 3.05) is 11.1 Å². The smallest absolute Gasteiger partial charge is 0.243 e. The molecule has 4 aromatic rings. The first-order chi connectivity index (χ1) is 15.2. The van der Waals surface area contributed by atoms with Gasteiger partial charge in [-0.1, -0.05) is 66.7 Å². The molecule has 0 spiro atoms. The standard InChI is InChI=1S/C25H19N3OS2/c26-15-21-22(17-8-3-1-4-9-17)16-30-25(21)28-24(29)23(18-10-5-2-6-11-18)31-20-13-7-12-19(27)14-20/h1-14,16,23H,27H2,(H,28,29). The second kappa shape index (κ2) is 9.52. The number of nitrogens with one attached hydrogen (secondary N) is 1. The number of hydrogen-bond donors (Lipinski definition) is 2. The van der Waals surface area contributed by atoms with Crippen molar-refractivity contribution < 1.29 is 4.79 Å². The molecule has 0 bridgehead atoms. The molecule has 0 aliphatic heterocycles. The molecule has 1 unspecified atom stereocenters. The molecule has 4 nitrogen and oxygen atoms in total. The fourth-order valence-corrected chi connectivity index (χ4v) is 5.21.